The first-order valence-corrected chi connectivity index (χ1v) is 15.3. The Hall–Kier alpha value is -4.56. The van der Waals surface area contributed by atoms with E-state index in [0.717, 1.165) is 59.5 Å². The number of fused-ring (bicyclic) bond motifs is 2. The van der Waals surface area contributed by atoms with E-state index in [1.54, 1.807) is 39.5 Å². The molecule has 238 valence electrons. The Labute approximate surface area is 265 Å². The van der Waals surface area contributed by atoms with Crippen LogP contribution >= 0.6 is 0 Å². The van der Waals surface area contributed by atoms with Crippen LogP contribution in [-0.4, -0.2) is 71.5 Å². The van der Waals surface area contributed by atoms with Gasteiger partial charge in [0.1, 0.15) is 0 Å². The summed E-state index contributed by atoms with van der Waals surface area (Å²) in [6.45, 7) is 4.51. The molecule has 4 aromatic carbocycles. The molecule has 0 aliphatic carbocycles. The third kappa shape index (κ3) is 8.99. The Bertz CT molecular complexity index is 1550. The second-order valence-corrected chi connectivity index (χ2v) is 11.2. The van der Waals surface area contributed by atoms with Gasteiger partial charge in [0.15, 0.2) is 11.5 Å². The number of rotatable bonds is 16. The molecule has 0 spiro atoms. The number of methoxy groups -OCH3 is 3. The van der Waals surface area contributed by atoms with Gasteiger partial charge < -0.3 is 28.6 Å². The van der Waals surface area contributed by atoms with Crippen molar-refractivity contribution in [2.75, 3.05) is 54.7 Å². The third-order valence-corrected chi connectivity index (χ3v) is 7.63. The monoisotopic (exact) mass is 613 g/mol. The molecular weight excluding hydrogens is 570 g/mol. The topological polar surface area (TPSA) is 83.5 Å². The number of nitrogens with zero attached hydrogens (tertiary/aromatic N) is 1. The van der Waals surface area contributed by atoms with Crippen molar-refractivity contribution in [3.05, 3.63) is 83.9 Å². The zero-order chi connectivity index (χ0) is 32.2. The van der Waals surface area contributed by atoms with Crippen LogP contribution in [0.2, 0.25) is 0 Å². The predicted molar refractivity (Wildman–Crippen MR) is 178 cm³/mol. The lowest BCUT2D eigenvalue weighted by molar-refractivity contribution is -0.137. The molecule has 0 N–H and O–H groups in total. The highest BCUT2D eigenvalue weighted by molar-refractivity contribution is 6.16. The van der Waals surface area contributed by atoms with Crippen molar-refractivity contribution >= 4 is 39.6 Å². The quantitative estimate of drug-likeness (QED) is 0.0569. The molecule has 0 aromatic heterocycles. The molecule has 4 aromatic rings. The van der Waals surface area contributed by atoms with Gasteiger partial charge in [-0.3, -0.25) is 0 Å². The van der Waals surface area contributed by atoms with E-state index < -0.39 is 5.97 Å². The van der Waals surface area contributed by atoms with E-state index in [4.69, 9.17) is 23.7 Å². The van der Waals surface area contributed by atoms with E-state index >= 15 is 0 Å². The summed E-state index contributed by atoms with van der Waals surface area (Å²) in [6, 6.07) is 21.5. The fraction of sp³-hybridized carbons (Fsp3) is 0.351. The molecule has 0 bridgehead atoms. The van der Waals surface area contributed by atoms with Crippen LogP contribution in [-0.2, 0) is 14.3 Å². The standard InChI is InChI=1S/C37H43NO7/c1-26(25-45-37(40)35-30-15-9-7-13-28(30)23-29-14-8-10-16-31(29)35)24-38(2)19-11-6-12-20-44-34(39)18-17-27-21-32(41-3)36(43-5)33(22-27)42-4/h7-10,13-18,21-23,26H,6,11-12,19-20,24-25H2,1-5H3/b18-17+/t26-/m1/s1. The summed E-state index contributed by atoms with van der Waals surface area (Å²) in [5.74, 6) is 1.01. The molecule has 0 unspecified atom stereocenters. The summed E-state index contributed by atoms with van der Waals surface area (Å²) < 4.78 is 27.2. The molecule has 0 heterocycles. The molecule has 0 saturated heterocycles. The normalized spacial score (nSPS) is 12.0. The number of esters is 2. The Morgan fingerprint density at radius 3 is 2.02 bits per heavy atom. The van der Waals surface area contributed by atoms with Crippen molar-refractivity contribution in [2.24, 2.45) is 5.92 Å². The summed E-state index contributed by atoms with van der Waals surface area (Å²) in [5.41, 5.74) is 1.36. The van der Waals surface area contributed by atoms with E-state index in [-0.39, 0.29) is 11.9 Å². The molecule has 4 rings (SSSR count). The number of hydrogen-bond acceptors (Lipinski definition) is 8. The fourth-order valence-corrected chi connectivity index (χ4v) is 5.44. The number of hydrogen-bond donors (Lipinski definition) is 0. The van der Waals surface area contributed by atoms with Gasteiger partial charge in [0.05, 0.1) is 40.1 Å². The van der Waals surface area contributed by atoms with Crippen LogP contribution in [0.25, 0.3) is 27.6 Å². The zero-order valence-corrected chi connectivity index (χ0v) is 26.8. The molecule has 0 fully saturated rings. The van der Waals surface area contributed by atoms with E-state index in [9.17, 15) is 9.59 Å². The van der Waals surface area contributed by atoms with Crippen molar-refractivity contribution in [2.45, 2.75) is 26.2 Å². The lowest BCUT2D eigenvalue weighted by Crippen LogP contribution is -2.28. The Morgan fingerprint density at radius 2 is 1.42 bits per heavy atom. The predicted octanol–water partition coefficient (Wildman–Crippen LogP) is 7.17. The van der Waals surface area contributed by atoms with Crippen molar-refractivity contribution < 1.29 is 33.3 Å². The Morgan fingerprint density at radius 1 is 0.800 bits per heavy atom. The van der Waals surface area contributed by atoms with Gasteiger partial charge in [0.2, 0.25) is 5.75 Å². The number of benzene rings is 4. The van der Waals surface area contributed by atoms with E-state index in [0.29, 0.717) is 36.0 Å². The molecule has 8 nitrogen and oxygen atoms in total. The van der Waals surface area contributed by atoms with Crippen molar-refractivity contribution in [1.29, 1.82) is 0 Å². The lowest BCUT2D eigenvalue weighted by atomic mass is 9.97. The summed E-state index contributed by atoms with van der Waals surface area (Å²) >= 11 is 0. The first-order chi connectivity index (χ1) is 21.8. The average Bonchev–Trinajstić information content (AvgIpc) is 3.05. The Kier molecular flexibility index (Phi) is 12.2. The highest BCUT2D eigenvalue weighted by Crippen LogP contribution is 2.38. The van der Waals surface area contributed by atoms with Crippen molar-refractivity contribution in [3.8, 4) is 17.2 Å². The first-order valence-electron chi connectivity index (χ1n) is 15.3. The highest BCUT2D eigenvalue weighted by atomic mass is 16.5. The number of carbonyl (C=O) groups excluding carboxylic acids is 2. The van der Waals surface area contributed by atoms with Gasteiger partial charge in [-0.2, -0.15) is 0 Å². The van der Waals surface area contributed by atoms with E-state index in [1.165, 1.54) is 6.08 Å². The molecule has 45 heavy (non-hydrogen) atoms. The van der Waals surface area contributed by atoms with Crippen LogP contribution in [0.3, 0.4) is 0 Å². The fourth-order valence-electron chi connectivity index (χ4n) is 5.44. The maximum absolute atomic E-state index is 13.3. The molecule has 1 atom stereocenters. The maximum atomic E-state index is 13.3. The number of carbonyl (C=O) groups is 2. The molecule has 8 heteroatoms. The summed E-state index contributed by atoms with van der Waals surface area (Å²) in [7, 11) is 6.71. The molecule has 0 aliphatic rings. The number of unbranched alkanes of at least 4 members (excludes halogenated alkanes) is 2. The van der Waals surface area contributed by atoms with Crippen LogP contribution in [0.5, 0.6) is 17.2 Å². The van der Waals surface area contributed by atoms with Crippen molar-refractivity contribution in [1.82, 2.24) is 4.90 Å². The van der Waals surface area contributed by atoms with Gasteiger partial charge in [-0.05, 0) is 84.2 Å². The minimum atomic E-state index is -0.402. The summed E-state index contributed by atoms with van der Waals surface area (Å²) in [6.07, 6.45) is 5.75. The largest absolute Gasteiger partial charge is 0.493 e. The second-order valence-electron chi connectivity index (χ2n) is 11.2. The SMILES string of the molecule is COc1cc(/C=C/C(=O)OCCCCCN(C)C[C@@H](C)COC(=O)c2c3ccccc3cc3ccccc23)cc(OC)c1OC. The highest BCUT2D eigenvalue weighted by Gasteiger charge is 2.18. The van der Waals surface area contributed by atoms with Crippen LogP contribution in [0.15, 0.2) is 72.8 Å². The van der Waals surface area contributed by atoms with Crippen LogP contribution in [0.1, 0.15) is 42.1 Å². The van der Waals surface area contributed by atoms with Gasteiger partial charge in [0, 0.05) is 18.5 Å². The lowest BCUT2D eigenvalue weighted by Gasteiger charge is -2.21. The van der Waals surface area contributed by atoms with Gasteiger partial charge >= 0.3 is 11.9 Å². The van der Waals surface area contributed by atoms with Crippen LogP contribution < -0.4 is 14.2 Å². The smallest absolute Gasteiger partial charge is 0.339 e. The molecule has 0 radical (unpaired) electrons. The molecular formula is C37H43NO7. The van der Waals surface area contributed by atoms with Gasteiger partial charge in [-0.15, -0.1) is 0 Å². The Balaban J connectivity index is 1.15. The number of ether oxygens (including phenoxy) is 5. The van der Waals surface area contributed by atoms with E-state index in [1.807, 2.05) is 48.5 Å². The average molecular weight is 614 g/mol. The maximum Gasteiger partial charge on any atom is 0.339 e. The zero-order valence-electron chi connectivity index (χ0n) is 26.8. The van der Waals surface area contributed by atoms with Crippen LogP contribution in [0.4, 0.5) is 0 Å². The molecule has 0 aliphatic heterocycles. The molecule has 0 amide bonds. The van der Waals surface area contributed by atoms with Crippen molar-refractivity contribution in [3.63, 3.8) is 0 Å². The van der Waals surface area contributed by atoms with Gasteiger partial charge in [0.25, 0.3) is 0 Å². The minimum Gasteiger partial charge on any atom is -0.493 e. The summed E-state index contributed by atoms with van der Waals surface area (Å²) in [4.78, 5) is 27.7. The van der Waals surface area contributed by atoms with Crippen LogP contribution in [0, 0.1) is 5.92 Å². The van der Waals surface area contributed by atoms with E-state index in [2.05, 4.69) is 24.9 Å². The van der Waals surface area contributed by atoms with Gasteiger partial charge in [-0.25, -0.2) is 9.59 Å². The summed E-state index contributed by atoms with van der Waals surface area (Å²) in [5, 5.41) is 3.87. The minimum absolute atomic E-state index is 0.179. The third-order valence-electron chi connectivity index (χ3n) is 7.63. The second kappa shape index (κ2) is 16.5. The van der Waals surface area contributed by atoms with Gasteiger partial charge in [-0.1, -0.05) is 55.5 Å². The first kappa shape index (κ1) is 33.3. The molecule has 0 saturated carbocycles.